The SMILES string of the molecule is CC1CC(C)(C)CC12CNCC2C(=O)O. The van der Waals surface area contributed by atoms with Gasteiger partial charge in [0.15, 0.2) is 0 Å². The molecule has 2 rings (SSSR count). The van der Waals surface area contributed by atoms with E-state index in [0.717, 1.165) is 19.4 Å². The predicted molar refractivity (Wildman–Crippen MR) is 58.6 cm³/mol. The maximum Gasteiger partial charge on any atom is 0.308 e. The first-order chi connectivity index (χ1) is 6.87. The van der Waals surface area contributed by atoms with E-state index in [4.69, 9.17) is 0 Å². The molecule has 1 spiro atoms. The molecule has 1 saturated carbocycles. The summed E-state index contributed by atoms with van der Waals surface area (Å²) in [5.41, 5.74) is 0.314. The molecular formula is C12H21NO2. The van der Waals surface area contributed by atoms with Gasteiger partial charge in [-0.25, -0.2) is 0 Å². The summed E-state index contributed by atoms with van der Waals surface area (Å²) in [6.07, 6.45) is 2.20. The molecule has 0 aromatic rings. The number of rotatable bonds is 1. The molecule has 2 fully saturated rings. The molecule has 2 N–H and O–H groups in total. The van der Waals surface area contributed by atoms with Gasteiger partial charge in [-0.3, -0.25) is 4.79 Å². The molecule has 3 unspecified atom stereocenters. The second kappa shape index (κ2) is 3.21. The average Bonchev–Trinajstić information content (AvgIpc) is 2.55. The van der Waals surface area contributed by atoms with Gasteiger partial charge in [0.2, 0.25) is 0 Å². The maximum atomic E-state index is 11.3. The molecule has 1 saturated heterocycles. The van der Waals surface area contributed by atoms with E-state index in [9.17, 15) is 9.90 Å². The molecule has 3 heteroatoms. The lowest BCUT2D eigenvalue weighted by molar-refractivity contribution is -0.145. The van der Waals surface area contributed by atoms with Crippen molar-refractivity contribution in [3.8, 4) is 0 Å². The second-order valence-corrected chi connectivity index (χ2v) is 6.20. The molecule has 0 aromatic carbocycles. The summed E-state index contributed by atoms with van der Waals surface area (Å²) in [4.78, 5) is 11.3. The van der Waals surface area contributed by atoms with Crippen molar-refractivity contribution in [2.24, 2.45) is 22.7 Å². The van der Waals surface area contributed by atoms with Crippen LogP contribution >= 0.6 is 0 Å². The fourth-order valence-corrected chi connectivity index (χ4v) is 3.98. The van der Waals surface area contributed by atoms with E-state index in [1.165, 1.54) is 0 Å². The standard InChI is InChI=1S/C12H21NO2/c1-8-4-11(2,3)6-12(8)7-13-5-9(12)10(14)15/h8-9,13H,4-7H2,1-3H3,(H,14,15). The van der Waals surface area contributed by atoms with Gasteiger partial charge in [0.25, 0.3) is 0 Å². The van der Waals surface area contributed by atoms with Gasteiger partial charge in [0.1, 0.15) is 0 Å². The lowest BCUT2D eigenvalue weighted by atomic mass is 9.70. The Morgan fingerprint density at radius 1 is 1.47 bits per heavy atom. The van der Waals surface area contributed by atoms with Crippen LogP contribution in [0, 0.1) is 22.7 Å². The highest BCUT2D eigenvalue weighted by Gasteiger charge is 2.57. The summed E-state index contributed by atoms with van der Waals surface area (Å²) < 4.78 is 0. The largest absolute Gasteiger partial charge is 0.481 e. The Labute approximate surface area is 91.2 Å². The zero-order valence-corrected chi connectivity index (χ0v) is 9.84. The first-order valence-electron chi connectivity index (χ1n) is 5.81. The second-order valence-electron chi connectivity index (χ2n) is 6.20. The highest BCUT2D eigenvalue weighted by molar-refractivity contribution is 5.72. The fraction of sp³-hybridized carbons (Fsp3) is 0.917. The minimum atomic E-state index is -0.621. The third-order valence-electron chi connectivity index (χ3n) is 4.44. The molecule has 0 amide bonds. The van der Waals surface area contributed by atoms with Gasteiger partial charge in [0.05, 0.1) is 5.92 Å². The number of aliphatic carboxylic acids is 1. The maximum absolute atomic E-state index is 11.3. The van der Waals surface area contributed by atoms with Gasteiger partial charge in [-0.05, 0) is 24.2 Å². The molecule has 15 heavy (non-hydrogen) atoms. The van der Waals surface area contributed by atoms with Crippen molar-refractivity contribution in [1.29, 1.82) is 0 Å². The van der Waals surface area contributed by atoms with Crippen LogP contribution in [0.25, 0.3) is 0 Å². The zero-order valence-electron chi connectivity index (χ0n) is 9.84. The van der Waals surface area contributed by atoms with Crippen molar-refractivity contribution < 1.29 is 9.90 Å². The normalized spacial score (nSPS) is 43.7. The van der Waals surface area contributed by atoms with Crippen LogP contribution in [0.2, 0.25) is 0 Å². The van der Waals surface area contributed by atoms with Gasteiger partial charge in [-0.15, -0.1) is 0 Å². The number of hydrogen-bond donors (Lipinski definition) is 2. The van der Waals surface area contributed by atoms with Gasteiger partial charge >= 0.3 is 5.97 Å². The van der Waals surface area contributed by atoms with Crippen LogP contribution in [0.5, 0.6) is 0 Å². The summed E-state index contributed by atoms with van der Waals surface area (Å²) in [6.45, 7) is 8.27. The Balaban J connectivity index is 2.29. The van der Waals surface area contributed by atoms with Gasteiger partial charge in [-0.2, -0.15) is 0 Å². The Kier molecular flexibility index (Phi) is 2.34. The van der Waals surface area contributed by atoms with E-state index < -0.39 is 5.97 Å². The van der Waals surface area contributed by atoms with E-state index in [2.05, 4.69) is 26.1 Å². The highest BCUT2D eigenvalue weighted by atomic mass is 16.4. The van der Waals surface area contributed by atoms with Gasteiger partial charge < -0.3 is 10.4 Å². The first kappa shape index (κ1) is 10.9. The van der Waals surface area contributed by atoms with Crippen molar-refractivity contribution >= 4 is 5.97 Å². The van der Waals surface area contributed by atoms with Crippen molar-refractivity contribution in [1.82, 2.24) is 5.32 Å². The first-order valence-corrected chi connectivity index (χ1v) is 5.81. The van der Waals surface area contributed by atoms with Crippen LogP contribution < -0.4 is 5.32 Å². The Morgan fingerprint density at radius 3 is 2.60 bits per heavy atom. The topological polar surface area (TPSA) is 49.3 Å². The van der Waals surface area contributed by atoms with E-state index >= 15 is 0 Å². The predicted octanol–water partition coefficient (Wildman–Crippen LogP) is 1.73. The molecular weight excluding hydrogens is 190 g/mol. The molecule has 86 valence electrons. The van der Waals surface area contributed by atoms with Crippen molar-refractivity contribution in [3.05, 3.63) is 0 Å². The van der Waals surface area contributed by atoms with E-state index in [1.807, 2.05) is 0 Å². The van der Waals surface area contributed by atoms with Crippen LogP contribution in [0.1, 0.15) is 33.6 Å². The number of carboxylic acids is 1. The molecule has 1 heterocycles. The lowest BCUT2D eigenvalue weighted by Crippen LogP contribution is -2.37. The summed E-state index contributed by atoms with van der Waals surface area (Å²) >= 11 is 0. The molecule has 0 aromatic heterocycles. The number of carbonyl (C=O) groups is 1. The minimum Gasteiger partial charge on any atom is -0.481 e. The van der Waals surface area contributed by atoms with Crippen LogP contribution in [0.4, 0.5) is 0 Å². The van der Waals surface area contributed by atoms with Crippen molar-refractivity contribution in [2.75, 3.05) is 13.1 Å². The number of nitrogens with one attached hydrogen (secondary N) is 1. The van der Waals surface area contributed by atoms with E-state index in [0.29, 0.717) is 17.9 Å². The number of hydrogen-bond acceptors (Lipinski definition) is 2. The average molecular weight is 211 g/mol. The molecule has 1 aliphatic heterocycles. The number of carboxylic acid groups (broad SMARTS) is 1. The van der Waals surface area contributed by atoms with Gasteiger partial charge in [0, 0.05) is 18.5 Å². The molecule has 3 nitrogen and oxygen atoms in total. The van der Waals surface area contributed by atoms with E-state index in [-0.39, 0.29) is 11.3 Å². The van der Waals surface area contributed by atoms with Crippen molar-refractivity contribution in [2.45, 2.75) is 33.6 Å². The third kappa shape index (κ3) is 1.57. The smallest absolute Gasteiger partial charge is 0.308 e. The van der Waals surface area contributed by atoms with Crippen LogP contribution in [0.15, 0.2) is 0 Å². The Bertz CT molecular complexity index is 287. The molecule has 1 aliphatic carbocycles. The summed E-state index contributed by atoms with van der Waals surface area (Å²) in [6, 6.07) is 0. The van der Waals surface area contributed by atoms with Crippen LogP contribution in [-0.2, 0) is 4.79 Å². The fourth-order valence-electron chi connectivity index (χ4n) is 3.98. The third-order valence-corrected chi connectivity index (χ3v) is 4.44. The Morgan fingerprint density at radius 2 is 2.13 bits per heavy atom. The minimum absolute atomic E-state index is 0.00926. The molecule has 0 radical (unpaired) electrons. The van der Waals surface area contributed by atoms with E-state index in [1.54, 1.807) is 0 Å². The zero-order chi connectivity index (χ0) is 11.3. The van der Waals surface area contributed by atoms with Crippen LogP contribution in [0.3, 0.4) is 0 Å². The van der Waals surface area contributed by atoms with Crippen LogP contribution in [-0.4, -0.2) is 24.2 Å². The Hall–Kier alpha value is -0.570. The molecule has 2 aliphatic rings. The van der Waals surface area contributed by atoms with Crippen molar-refractivity contribution in [3.63, 3.8) is 0 Å². The summed E-state index contributed by atoms with van der Waals surface area (Å²) in [5.74, 6) is -0.289. The summed E-state index contributed by atoms with van der Waals surface area (Å²) in [5, 5.41) is 12.6. The molecule has 3 atom stereocenters. The van der Waals surface area contributed by atoms with Gasteiger partial charge in [-0.1, -0.05) is 20.8 Å². The monoisotopic (exact) mass is 211 g/mol. The quantitative estimate of drug-likeness (QED) is 0.694. The highest BCUT2D eigenvalue weighted by Crippen LogP contribution is 2.57. The molecule has 0 bridgehead atoms. The summed E-state index contributed by atoms with van der Waals surface area (Å²) in [7, 11) is 0. The lowest BCUT2D eigenvalue weighted by Gasteiger charge is -2.33.